The van der Waals surface area contributed by atoms with Gasteiger partial charge in [-0.25, -0.2) is 0 Å². The summed E-state index contributed by atoms with van der Waals surface area (Å²) in [5.41, 5.74) is 1.05. The van der Waals surface area contributed by atoms with Gasteiger partial charge in [0.15, 0.2) is 0 Å². The molecule has 2 rings (SSSR count). The van der Waals surface area contributed by atoms with Crippen LogP contribution in [0.2, 0.25) is 0 Å². The molecule has 102 valence electrons. The van der Waals surface area contributed by atoms with Crippen LogP contribution in [0.3, 0.4) is 0 Å². The fourth-order valence-electron chi connectivity index (χ4n) is 2.36. The second-order valence-electron chi connectivity index (χ2n) is 5.41. The van der Waals surface area contributed by atoms with Crippen molar-refractivity contribution in [2.75, 3.05) is 5.32 Å². The first-order valence-corrected chi connectivity index (χ1v) is 6.69. The van der Waals surface area contributed by atoms with Crippen LogP contribution in [-0.4, -0.2) is 17.4 Å². The van der Waals surface area contributed by atoms with E-state index in [1.54, 1.807) is 6.92 Å². The molecule has 4 nitrogen and oxygen atoms in total. The Morgan fingerprint density at radius 2 is 2.16 bits per heavy atom. The molecule has 1 heterocycles. The van der Waals surface area contributed by atoms with Crippen molar-refractivity contribution in [1.29, 1.82) is 0 Å². The van der Waals surface area contributed by atoms with Gasteiger partial charge in [-0.15, -0.1) is 0 Å². The Bertz CT molecular complexity index is 499. The first-order chi connectivity index (χ1) is 8.99. The lowest BCUT2D eigenvalue weighted by Crippen LogP contribution is -2.53. The summed E-state index contributed by atoms with van der Waals surface area (Å²) in [5.74, 6) is -0.187. The van der Waals surface area contributed by atoms with Crippen molar-refractivity contribution >= 4 is 17.5 Å². The minimum atomic E-state index is -0.808. The van der Waals surface area contributed by atoms with Crippen LogP contribution in [0.15, 0.2) is 24.3 Å². The first-order valence-electron chi connectivity index (χ1n) is 6.69. The molecular formula is C15H20N2O2. The van der Waals surface area contributed by atoms with E-state index < -0.39 is 5.54 Å². The second-order valence-corrected chi connectivity index (χ2v) is 5.41. The topological polar surface area (TPSA) is 58.2 Å². The molecule has 1 saturated heterocycles. The van der Waals surface area contributed by atoms with Gasteiger partial charge in [0, 0.05) is 12.1 Å². The fraction of sp³-hybridized carbons (Fsp3) is 0.467. The van der Waals surface area contributed by atoms with Gasteiger partial charge < -0.3 is 10.6 Å². The van der Waals surface area contributed by atoms with E-state index in [1.807, 2.05) is 31.2 Å². The molecule has 1 aromatic carbocycles. The van der Waals surface area contributed by atoms with E-state index in [9.17, 15) is 9.59 Å². The molecule has 4 heteroatoms. The van der Waals surface area contributed by atoms with Crippen LogP contribution in [0.1, 0.15) is 38.2 Å². The van der Waals surface area contributed by atoms with Crippen LogP contribution >= 0.6 is 0 Å². The smallest absolute Gasteiger partial charge is 0.249 e. The highest BCUT2D eigenvalue weighted by Gasteiger charge is 2.35. The molecule has 0 spiro atoms. The number of aryl methyl sites for hydroxylation is 1. The van der Waals surface area contributed by atoms with E-state index in [2.05, 4.69) is 10.6 Å². The molecule has 2 N–H and O–H groups in total. The minimum Gasteiger partial charge on any atom is -0.342 e. The maximum absolute atomic E-state index is 12.4. The highest BCUT2D eigenvalue weighted by atomic mass is 16.2. The van der Waals surface area contributed by atoms with Crippen molar-refractivity contribution in [3.05, 3.63) is 29.8 Å². The summed E-state index contributed by atoms with van der Waals surface area (Å²) >= 11 is 0. The molecule has 0 saturated carbocycles. The summed E-state index contributed by atoms with van der Waals surface area (Å²) in [6, 6.07) is 7.65. The molecule has 1 aromatic rings. The van der Waals surface area contributed by atoms with E-state index in [0.717, 1.165) is 24.1 Å². The number of anilines is 1. The predicted octanol–water partition coefficient (Wildman–Crippen LogP) is 2.38. The molecule has 2 amide bonds. The molecule has 0 radical (unpaired) electrons. The molecule has 1 unspecified atom stereocenters. The average Bonchev–Trinajstić information content (AvgIpc) is 2.51. The molecular weight excluding hydrogens is 240 g/mol. The van der Waals surface area contributed by atoms with Crippen molar-refractivity contribution in [1.82, 2.24) is 5.32 Å². The van der Waals surface area contributed by atoms with Crippen LogP contribution < -0.4 is 10.6 Å². The molecule has 0 bridgehead atoms. The highest BCUT2D eigenvalue weighted by molar-refractivity contribution is 6.00. The van der Waals surface area contributed by atoms with Gasteiger partial charge in [-0.1, -0.05) is 18.6 Å². The molecule has 1 fully saturated rings. The van der Waals surface area contributed by atoms with E-state index in [0.29, 0.717) is 12.8 Å². The zero-order valence-electron chi connectivity index (χ0n) is 11.5. The Hall–Kier alpha value is -1.84. The van der Waals surface area contributed by atoms with Crippen LogP contribution in [0.5, 0.6) is 0 Å². The Kier molecular flexibility index (Phi) is 3.88. The maximum Gasteiger partial charge on any atom is 0.249 e. The molecule has 1 aliphatic rings. The Balaban J connectivity index is 2.11. The van der Waals surface area contributed by atoms with Crippen molar-refractivity contribution in [2.24, 2.45) is 0 Å². The van der Waals surface area contributed by atoms with Crippen LogP contribution in [0.25, 0.3) is 0 Å². The van der Waals surface area contributed by atoms with Crippen molar-refractivity contribution < 1.29 is 9.59 Å². The van der Waals surface area contributed by atoms with Gasteiger partial charge >= 0.3 is 0 Å². The summed E-state index contributed by atoms with van der Waals surface area (Å²) in [6.07, 6.45) is 2.92. The van der Waals surface area contributed by atoms with Crippen LogP contribution in [-0.2, 0) is 9.59 Å². The fourth-order valence-corrected chi connectivity index (χ4v) is 2.36. The summed E-state index contributed by atoms with van der Waals surface area (Å²) in [4.78, 5) is 24.0. The van der Waals surface area contributed by atoms with Crippen molar-refractivity contribution in [3.8, 4) is 0 Å². The number of amides is 2. The first kappa shape index (κ1) is 13.6. The zero-order valence-corrected chi connectivity index (χ0v) is 11.5. The molecule has 1 atom stereocenters. The maximum atomic E-state index is 12.4. The van der Waals surface area contributed by atoms with E-state index in [-0.39, 0.29) is 11.8 Å². The number of benzene rings is 1. The lowest BCUT2D eigenvalue weighted by molar-refractivity contribution is -0.129. The number of carbonyl (C=O) groups is 2. The van der Waals surface area contributed by atoms with Gasteiger partial charge in [-0.05, 0) is 44.4 Å². The van der Waals surface area contributed by atoms with E-state index in [4.69, 9.17) is 0 Å². The van der Waals surface area contributed by atoms with Gasteiger partial charge in [0.25, 0.3) is 0 Å². The Labute approximate surface area is 113 Å². The second kappa shape index (κ2) is 5.43. The summed E-state index contributed by atoms with van der Waals surface area (Å²) in [7, 11) is 0. The highest BCUT2D eigenvalue weighted by Crippen LogP contribution is 2.21. The van der Waals surface area contributed by atoms with E-state index in [1.165, 1.54) is 0 Å². The quantitative estimate of drug-likeness (QED) is 0.857. The lowest BCUT2D eigenvalue weighted by Gasteiger charge is -2.27. The largest absolute Gasteiger partial charge is 0.342 e. The van der Waals surface area contributed by atoms with Gasteiger partial charge in [-0.2, -0.15) is 0 Å². The molecule has 1 aliphatic heterocycles. The number of hydrogen-bond acceptors (Lipinski definition) is 2. The van der Waals surface area contributed by atoms with Gasteiger partial charge in [0.1, 0.15) is 5.54 Å². The molecule has 0 aliphatic carbocycles. The van der Waals surface area contributed by atoms with E-state index >= 15 is 0 Å². The van der Waals surface area contributed by atoms with Crippen molar-refractivity contribution in [2.45, 2.75) is 45.1 Å². The normalized spacial score (nSPS) is 23.4. The van der Waals surface area contributed by atoms with Crippen LogP contribution in [0.4, 0.5) is 5.69 Å². The Morgan fingerprint density at radius 1 is 1.37 bits per heavy atom. The predicted molar refractivity (Wildman–Crippen MR) is 74.8 cm³/mol. The van der Waals surface area contributed by atoms with Gasteiger partial charge in [0.05, 0.1) is 0 Å². The summed E-state index contributed by atoms with van der Waals surface area (Å²) in [6.45, 7) is 3.77. The third kappa shape index (κ3) is 3.34. The monoisotopic (exact) mass is 260 g/mol. The SMILES string of the molecule is Cc1cccc(NC(=O)C2(C)CCCCC(=O)N2)c1. The zero-order chi connectivity index (χ0) is 13.9. The molecule has 19 heavy (non-hydrogen) atoms. The lowest BCUT2D eigenvalue weighted by atomic mass is 9.95. The standard InChI is InChI=1S/C15H20N2O2/c1-11-6-5-7-12(10-11)16-14(19)15(2)9-4-3-8-13(18)17-15/h5-7,10H,3-4,8-9H2,1-2H3,(H,16,19)(H,17,18). The number of rotatable bonds is 2. The average molecular weight is 260 g/mol. The minimum absolute atomic E-state index is 0.0422. The van der Waals surface area contributed by atoms with Crippen LogP contribution in [0, 0.1) is 6.92 Å². The molecule has 0 aromatic heterocycles. The third-order valence-corrected chi connectivity index (χ3v) is 3.52. The number of carbonyl (C=O) groups excluding carboxylic acids is 2. The Morgan fingerprint density at radius 3 is 2.89 bits per heavy atom. The van der Waals surface area contributed by atoms with Gasteiger partial charge in [-0.3, -0.25) is 9.59 Å². The number of hydrogen-bond donors (Lipinski definition) is 2. The third-order valence-electron chi connectivity index (χ3n) is 3.52. The summed E-state index contributed by atoms with van der Waals surface area (Å²) < 4.78 is 0. The number of nitrogens with one attached hydrogen (secondary N) is 2. The van der Waals surface area contributed by atoms with Crippen molar-refractivity contribution in [3.63, 3.8) is 0 Å². The van der Waals surface area contributed by atoms with Gasteiger partial charge in [0.2, 0.25) is 11.8 Å². The summed E-state index contributed by atoms with van der Waals surface area (Å²) in [5, 5.41) is 5.73.